The standard InChI is InChI=1S/C20H30N2O5S/c1-5-16(4)21-19(23)13-27-20(24)17-6-8-18(9-7-17)28(25,26)22-11-14(2)10-15(3)12-22/h6-9,14-16H,5,10-13H2,1-4H3,(H,21,23)/t14-,15-,16+/m0/s1. The van der Waals surface area contributed by atoms with E-state index >= 15 is 0 Å². The zero-order valence-electron chi connectivity index (χ0n) is 17.0. The molecule has 28 heavy (non-hydrogen) atoms. The van der Waals surface area contributed by atoms with Crippen LogP contribution < -0.4 is 5.32 Å². The van der Waals surface area contributed by atoms with Crippen molar-refractivity contribution in [2.45, 2.75) is 51.5 Å². The van der Waals surface area contributed by atoms with Crippen LogP contribution in [0.4, 0.5) is 0 Å². The number of nitrogens with zero attached hydrogens (tertiary/aromatic N) is 1. The number of esters is 1. The van der Waals surface area contributed by atoms with Crippen LogP contribution in [0.1, 0.15) is 50.9 Å². The van der Waals surface area contributed by atoms with Crippen molar-refractivity contribution < 1.29 is 22.7 Å². The minimum atomic E-state index is -3.60. The molecule has 2 rings (SSSR count). The number of carbonyl (C=O) groups excluding carboxylic acids is 2. The molecule has 7 nitrogen and oxygen atoms in total. The lowest BCUT2D eigenvalue weighted by atomic mass is 9.94. The molecule has 1 N–H and O–H groups in total. The van der Waals surface area contributed by atoms with E-state index in [1.54, 1.807) is 0 Å². The maximum absolute atomic E-state index is 12.9. The normalized spacial score (nSPS) is 21.7. The predicted octanol–water partition coefficient (Wildman–Crippen LogP) is 2.42. The third-order valence-electron chi connectivity index (χ3n) is 4.92. The molecule has 0 radical (unpaired) electrons. The summed E-state index contributed by atoms with van der Waals surface area (Å²) >= 11 is 0. The summed E-state index contributed by atoms with van der Waals surface area (Å²) in [5.41, 5.74) is 0.204. The molecule has 1 aliphatic heterocycles. The second-order valence-electron chi connectivity index (χ2n) is 7.75. The third-order valence-corrected chi connectivity index (χ3v) is 6.76. The molecule has 1 fully saturated rings. The molecule has 0 aliphatic carbocycles. The molecule has 1 aromatic rings. The second-order valence-corrected chi connectivity index (χ2v) is 9.68. The average molecular weight is 411 g/mol. The summed E-state index contributed by atoms with van der Waals surface area (Å²) in [4.78, 5) is 23.9. The molecule has 0 spiro atoms. The average Bonchev–Trinajstić information content (AvgIpc) is 2.65. The van der Waals surface area contributed by atoms with Crippen LogP contribution in [-0.4, -0.2) is 50.3 Å². The van der Waals surface area contributed by atoms with Crippen molar-refractivity contribution in [1.29, 1.82) is 0 Å². The molecule has 1 amide bonds. The molecule has 156 valence electrons. The number of sulfonamides is 1. The Morgan fingerprint density at radius 3 is 2.29 bits per heavy atom. The van der Waals surface area contributed by atoms with Gasteiger partial charge >= 0.3 is 5.97 Å². The van der Waals surface area contributed by atoms with Gasteiger partial charge in [0.05, 0.1) is 10.5 Å². The van der Waals surface area contributed by atoms with Crippen LogP contribution in [0.5, 0.6) is 0 Å². The van der Waals surface area contributed by atoms with Crippen LogP contribution in [0, 0.1) is 11.8 Å². The molecule has 0 aromatic heterocycles. The zero-order chi connectivity index (χ0) is 20.9. The SMILES string of the molecule is CC[C@@H](C)NC(=O)COC(=O)c1ccc(S(=O)(=O)N2C[C@@H](C)C[C@H](C)C2)cc1. The molecular weight excluding hydrogens is 380 g/mol. The summed E-state index contributed by atoms with van der Waals surface area (Å²) in [7, 11) is -3.60. The first-order valence-electron chi connectivity index (χ1n) is 9.70. The lowest BCUT2D eigenvalue weighted by Gasteiger charge is -2.34. The van der Waals surface area contributed by atoms with E-state index in [2.05, 4.69) is 19.2 Å². The summed E-state index contributed by atoms with van der Waals surface area (Å²) in [5, 5.41) is 2.71. The Labute approximate surface area is 167 Å². The van der Waals surface area contributed by atoms with Gasteiger partial charge < -0.3 is 10.1 Å². The summed E-state index contributed by atoms with van der Waals surface area (Å²) in [5.74, 6) is -0.401. The van der Waals surface area contributed by atoms with Crippen molar-refractivity contribution in [3.05, 3.63) is 29.8 Å². The van der Waals surface area contributed by atoms with Gasteiger partial charge in [0, 0.05) is 19.1 Å². The number of piperidine rings is 1. The van der Waals surface area contributed by atoms with Gasteiger partial charge in [-0.15, -0.1) is 0 Å². The Hall–Kier alpha value is -1.93. The highest BCUT2D eigenvalue weighted by atomic mass is 32.2. The molecule has 1 aromatic carbocycles. The lowest BCUT2D eigenvalue weighted by Crippen LogP contribution is -2.42. The quantitative estimate of drug-likeness (QED) is 0.697. The highest BCUT2D eigenvalue weighted by molar-refractivity contribution is 7.89. The monoisotopic (exact) mass is 410 g/mol. The fourth-order valence-electron chi connectivity index (χ4n) is 3.35. The van der Waals surface area contributed by atoms with E-state index in [0.29, 0.717) is 24.9 Å². The van der Waals surface area contributed by atoms with Gasteiger partial charge in [-0.25, -0.2) is 13.2 Å². The molecule has 3 atom stereocenters. The van der Waals surface area contributed by atoms with Crippen LogP contribution >= 0.6 is 0 Å². The fourth-order valence-corrected chi connectivity index (χ4v) is 5.03. The summed E-state index contributed by atoms with van der Waals surface area (Å²) in [6.45, 7) is 8.54. The Morgan fingerprint density at radius 1 is 1.18 bits per heavy atom. The molecular formula is C20H30N2O5S. The second kappa shape index (κ2) is 9.52. The number of rotatable bonds is 7. The first kappa shape index (κ1) is 22.4. The van der Waals surface area contributed by atoms with Crippen molar-refractivity contribution in [2.24, 2.45) is 11.8 Å². The highest BCUT2D eigenvalue weighted by Crippen LogP contribution is 2.26. The Kier molecular flexibility index (Phi) is 7.60. The molecule has 0 bridgehead atoms. The van der Waals surface area contributed by atoms with E-state index in [1.807, 2.05) is 13.8 Å². The van der Waals surface area contributed by atoms with Crippen LogP contribution in [0.2, 0.25) is 0 Å². The van der Waals surface area contributed by atoms with E-state index < -0.39 is 16.0 Å². The van der Waals surface area contributed by atoms with E-state index in [1.165, 1.54) is 28.6 Å². The van der Waals surface area contributed by atoms with Gasteiger partial charge in [-0.05, 0) is 55.9 Å². The van der Waals surface area contributed by atoms with Gasteiger partial charge in [-0.2, -0.15) is 4.31 Å². The maximum Gasteiger partial charge on any atom is 0.338 e. The number of carbonyl (C=O) groups is 2. The van der Waals surface area contributed by atoms with Gasteiger partial charge in [0.1, 0.15) is 0 Å². The van der Waals surface area contributed by atoms with Gasteiger partial charge in [0.25, 0.3) is 5.91 Å². The smallest absolute Gasteiger partial charge is 0.338 e. The number of amides is 1. The lowest BCUT2D eigenvalue weighted by molar-refractivity contribution is -0.124. The van der Waals surface area contributed by atoms with Gasteiger partial charge in [0.15, 0.2) is 6.61 Å². The predicted molar refractivity (Wildman–Crippen MR) is 106 cm³/mol. The largest absolute Gasteiger partial charge is 0.452 e. The summed E-state index contributed by atoms with van der Waals surface area (Å²) in [6, 6.07) is 5.66. The van der Waals surface area contributed by atoms with Crippen molar-refractivity contribution in [3.8, 4) is 0 Å². The number of ether oxygens (including phenoxy) is 1. The maximum atomic E-state index is 12.9. The van der Waals surface area contributed by atoms with Crippen LogP contribution in [0.25, 0.3) is 0 Å². The summed E-state index contributed by atoms with van der Waals surface area (Å²) < 4.78 is 32.2. The van der Waals surface area contributed by atoms with Gasteiger partial charge in [-0.3, -0.25) is 4.79 Å². The molecule has 1 saturated heterocycles. The van der Waals surface area contributed by atoms with Gasteiger partial charge in [-0.1, -0.05) is 20.8 Å². The van der Waals surface area contributed by atoms with Crippen molar-refractivity contribution in [3.63, 3.8) is 0 Å². The van der Waals surface area contributed by atoms with Gasteiger partial charge in [0.2, 0.25) is 10.0 Å². The molecule has 0 unspecified atom stereocenters. The highest BCUT2D eigenvalue weighted by Gasteiger charge is 2.31. The fraction of sp³-hybridized carbons (Fsp3) is 0.600. The number of benzene rings is 1. The van der Waals surface area contributed by atoms with E-state index in [0.717, 1.165) is 12.8 Å². The summed E-state index contributed by atoms with van der Waals surface area (Å²) in [6.07, 6.45) is 1.80. The number of nitrogens with one attached hydrogen (secondary N) is 1. The Morgan fingerprint density at radius 2 is 1.75 bits per heavy atom. The van der Waals surface area contributed by atoms with Crippen molar-refractivity contribution in [1.82, 2.24) is 9.62 Å². The molecule has 1 aliphatic rings. The number of hydrogen-bond acceptors (Lipinski definition) is 5. The Balaban J connectivity index is 2.00. The Bertz CT molecular complexity index is 781. The topological polar surface area (TPSA) is 92.8 Å². The third kappa shape index (κ3) is 5.78. The van der Waals surface area contributed by atoms with Crippen LogP contribution in [0.3, 0.4) is 0 Å². The molecule has 1 heterocycles. The first-order valence-corrected chi connectivity index (χ1v) is 11.1. The van der Waals surface area contributed by atoms with E-state index in [-0.39, 0.29) is 29.0 Å². The number of hydrogen-bond donors (Lipinski definition) is 1. The minimum absolute atomic E-state index is 0.0101. The molecule has 0 saturated carbocycles. The van der Waals surface area contributed by atoms with Crippen molar-refractivity contribution >= 4 is 21.9 Å². The van der Waals surface area contributed by atoms with Crippen LogP contribution in [-0.2, 0) is 19.6 Å². The van der Waals surface area contributed by atoms with E-state index in [9.17, 15) is 18.0 Å². The molecule has 8 heteroatoms. The van der Waals surface area contributed by atoms with Crippen molar-refractivity contribution in [2.75, 3.05) is 19.7 Å². The van der Waals surface area contributed by atoms with Crippen LogP contribution in [0.15, 0.2) is 29.2 Å². The zero-order valence-corrected chi connectivity index (χ0v) is 17.8. The minimum Gasteiger partial charge on any atom is -0.452 e. The first-order chi connectivity index (χ1) is 13.1. The van der Waals surface area contributed by atoms with E-state index in [4.69, 9.17) is 4.74 Å².